The van der Waals surface area contributed by atoms with Crippen molar-refractivity contribution in [1.82, 2.24) is 20.3 Å². The zero-order valence-electron chi connectivity index (χ0n) is 15.4. The molecule has 0 aliphatic rings. The summed E-state index contributed by atoms with van der Waals surface area (Å²) in [4.78, 5) is 10.1. The van der Waals surface area contributed by atoms with Crippen molar-refractivity contribution in [1.29, 1.82) is 5.26 Å². The molecule has 0 amide bonds. The van der Waals surface area contributed by atoms with Crippen LogP contribution in [0.4, 0.5) is 13.2 Å². The fourth-order valence-corrected chi connectivity index (χ4v) is 4.64. The molecule has 0 radical (unpaired) electrons. The molecule has 0 bridgehead atoms. The fraction of sp³-hybridized carbons (Fsp3) is 0.200. The zero-order valence-corrected chi connectivity index (χ0v) is 17.0. The number of alkyl halides is 3. The lowest BCUT2D eigenvalue weighted by Crippen LogP contribution is -2.54. The van der Waals surface area contributed by atoms with Gasteiger partial charge < -0.3 is 9.97 Å². The average molecular weight is 462 g/mol. The van der Waals surface area contributed by atoms with E-state index in [4.69, 9.17) is 5.26 Å². The minimum absolute atomic E-state index is 0.00825. The van der Waals surface area contributed by atoms with E-state index in [1.807, 2.05) is 13.0 Å². The van der Waals surface area contributed by atoms with E-state index in [9.17, 15) is 13.2 Å². The van der Waals surface area contributed by atoms with Crippen LogP contribution in [0.2, 0.25) is 0 Å². The number of benzene rings is 2. The topological polar surface area (TPSA) is 80.3 Å². The first-order valence-electron chi connectivity index (χ1n) is 8.65. The molecule has 5 nitrogen and oxygen atoms in total. The monoisotopic (exact) mass is 461 g/mol. The van der Waals surface area contributed by atoms with Crippen molar-refractivity contribution in [3.8, 4) is 6.07 Å². The maximum absolute atomic E-state index is 14.7. The standard InChI is InChI=1S/C20H15BrF3N5/c1-10-7-13(21)16(12-5-6-27-17(10)12)19(26-2,20(22,23)24)18-28-14-4-3-11(9-25)8-15(14)29-18/h3-8,26-27H,1-2H3,(H,28,29). The Labute approximate surface area is 172 Å². The van der Waals surface area contributed by atoms with Gasteiger partial charge in [0.15, 0.2) is 0 Å². The molecule has 1 unspecified atom stereocenters. The highest BCUT2D eigenvalue weighted by molar-refractivity contribution is 9.10. The van der Waals surface area contributed by atoms with Crippen molar-refractivity contribution >= 4 is 37.9 Å². The lowest BCUT2D eigenvalue weighted by atomic mass is 9.85. The largest absolute Gasteiger partial charge is 0.418 e. The second-order valence-corrected chi connectivity index (χ2v) is 7.60. The van der Waals surface area contributed by atoms with E-state index in [2.05, 4.69) is 36.2 Å². The summed E-state index contributed by atoms with van der Waals surface area (Å²) in [5, 5.41) is 12.0. The zero-order chi connectivity index (χ0) is 21.0. The summed E-state index contributed by atoms with van der Waals surface area (Å²) in [6, 6.07) is 9.80. The quantitative estimate of drug-likeness (QED) is 0.401. The van der Waals surface area contributed by atoms with E-state index < -0.39 is 11.7 Å². The molecule has 4 rings (SSSR count). The highest BCUT2D eigenvalue weighted by Gasteiger charge is 2.60. The first kappa shape index (κ1) is 19.5. The smallest absolute Gasteiger partial charge is 0.361 e. The molecular weight excluding hydrogens is 447 g/mol. The number of aryl methyl sites for hydroxylation is 1. The Morgan fingerprint density at radius 2 is 1.97 bits per heavy atom. The predicted octanol–water partition coefficient (Wildman–Crippen LogP) is 5.01. The summed E-state index contributed by atoms with van der Waals surface area (Å²) >= 11 is 3.35. The Morgan fingerprint density at radius 3 is 2.62 bits per heavy atom. The van der Waals surface area contributed by atoms with Gasteiger partial charge in [0.1, 0.15) is 5.82 Å². The molecule has 0 aliphatic heterocycles. The first-order valence-corrected chi connectivity index (χ1v) is 9.45. The Morgan fingerprint density at radius 1 is 1.21 bits per heavy atom. The number of fused-ring (bicyclic) bond motifs is 2. The third-order valence-electron chi connectivity index (χ3n) is 5.14. The van der Waals surface area contributed by atoms with E-state index in [0.717, 1.165) is 5.56 Å². The fourth-order valence-electron chi connectivity index (χ4n) is 3.78. The molecule has 0 saturated carbocycles. The molecule has 0 spiro atoms. The second-order valence-electron chi connectivity index (χ2n) is 6.74. The minimum atomic E-state index is -4.73. The van der Waals surface area contributed by atoms with Crippen molar-refractivity contribution < 1.29 is 13.2 Å². The number of nitriles is 1. The van der Waals surface area contributed by atoms with Gasteiger partial charge in [-0.25, -0.2) is 4.98 Å². The molecule has 2 aromatic heterocycles. The lowest BCUT2D eigenvalue weighted by Gasteiger charge is -2.35. The Balaban J connectivity index is 2.12. The van der Waals surface area contributed by atoms with Crippen LogP contribution in [0.3, 0.4) is 0 Å². The molecule has 0 saturated heterocycles. The van der Waals surface area contributed by atoms with Gasteiger partial charge in [0, 0.05) is 27.1 Å². The van der Waals surface area contributed by atoms with Crippen LogP contribution in [0.5, 0.6) is 0 Å². The van der Waals surface area contributed by atoms with Crippen LogP contribution in [-0.4, -0.2) is 28.2 Å². The minimum Gasteiger partial charge on any atom is -0.361 e. The highest BCUT2D eigenvalue weighted by Crippen LogP contribution is 2.48. The molecule has 0 fully saturated rings. The van der Waals surface area contributed by atoms with Crippen molar-refractivity contribution in [3.63, 3.8) is 0 Å². The van der Waals surface area contributed by atoms with Crippen LogP contribution in [0.1, 0.15) is 22.5 Å². The van der Waals surface area contributed by atoms with E-state index in [1.54, 1.807) is 24.4 Å². The maximum Gasteiger partial charge on any atom is 0.418 e. The van der Waals surface area contributed by atoms with Crippen molar-refractivity contribution in [2.45, 2.75) is 18.6 Å². The summed E-state index contributed by atoms with van der Waals surface area (Å²) < 4.78 is 44.5. The molecule has 9 heteroatoms. The van der Waals surface area contributed by atoms with Crippen LogP contribution in [0.25, 0.3) is 21.9 Å². The lowest BCUT2D eigenvalue weighted by molar-refractivity contribution is -0.187. The SMILES string of the molecule is CNC(c1nc2cc(C#N)ccc2[nH]1)(c1c(Br)cc(C)c2[nH]ccc12)C(F)(F)F. The summed E-state index contributed by atoms with van der Waals surface area (Å²) in [5.41, 5.74) is -0.138. The maximum atomic E-state index is 14.7. The van der Waals surface area contributed by atoms with E-state index in [-0.39, 0.29) is 16.9 Å². The highest BCUT2D eigenvalue weighted by atomic mass is 79.9. The van der Waals surface area contributed by atoms with Gasteiger partial charge in [-0.05, 0) is 49.9 Å². The number of hydrogen-bond donors (Lipinski definition) is 3. The predicted molar refractivity (Wildman–Crippen MR) is 107 cm³/mol. The van der Waals surface area contributed by atoms with Gasteiger partial charge in [0.2, 0.25) is 5.54 Å². The number of imidazole rings is 1. The number of aromatic amines is 2. The molecule has 2 heterocycles. The van der Waals surface area contributed by atoms with Crippen molar-refractivity contribution in [2.75, 3.05) is 7.05 Å². The van der Waals surface area contributed by atoms with Crippen molar-refractivity contribution in [2.24, 2.45) is 0 Å². The normalized spacial score (nSPS) is 14.2. The Bertz CT molecular complexity index is 1280. The molecule has 148 valence electrons. The Hall–Kier alpha value is -2.83. The molecule has 4 aromatic rings. The number of H-pyrrole nitrogens is 2. The van der Waals surface area contributed by atoms with Gasteiger partial charge >= 0.3 is 6.18 Å². The van der Waals surface area contributed by atoms with Gasteiger partial charge in [-0.3, -0.25) is 5.32 Å². The third-order valence-corrected chi connectivity index (χ3v) is 5.76. The molecule has 3 N–H and O–H groups in total. The second kappa shape index (κ2) is 6.61. The number of rotatable bonds is 3. The van der Waals surface area contributed by atoms with Gasteiger partial charge in [0.05, 0.1) is 22.7 Å². The summed E-state index contributed by atoms with van der Waals surface area (Å²) in [6.07, 6.45) is -3.11. The van der Waals surface area contributed by atoms with Crippen LogP contribution in [0, 0.1) is 18.3 Å². The van der Waals surface area contributed by atoms with Gasteiger partial charge in [0.25, 0.3) is 0 Å². The first-order chi connectivity index (χ1) is 13.7. The summed E-state index contributed by atoms with van der Waals surface area (Å²) in [7, 11) is 1.26. The Kier molecular flexibility index (Phi) is 4.44. The number of aromatic nitrogens is 3. The molecule has 1 atom stereocenters. The summed E-state index contributed by atoms with van der Waals surface area (Å²) in [5.74, 6) is -0.301. The number of nitrogens with zero attached hydrogens (tertiary/aromatic N) is 2. The van der Waals surface area contributed by atoms with Crippen LogP contribution in [0.15, 0.2) is 41.0 Å². The van der Waals surface area contributed by atoms with Crippen LogP contribution < -0.4 is 5.32 Å². The van der Waals surface area contributed by atoms with E-state index >= 15 is 0 Å². The molecule has 0 aliphatic carbocycles. The van der Waals surface area contributed by atoms with Crippen LogP contribution >= 0.6 is 15.9 Å². The number of nitrogens with one attached hydrogen (secondary N) is 3. The third kappa shape index (κ3) is 2.74. The summed E-state index contributed by atoms with van der Waals surface area (Å²) in [6.45, 7) is 1.83. The van der Waals surface area contributed by atoms with E-state index in [0.29, 0.717) is 26.5 Å². The van der Waals surface area contributed by atoms with Gasteiger partial charge in [-0.15, -0.1) is 0 Å². The molecular formula is C20H15BrF3N5. The van der Waals surface area contributed by atoms with Gasteiger partial charge in [-0.1, -0.05) is 15.9 Å². The molecule has 2 aromatic carbocycles. The van der Waals surface area contributed by atoms with E-state index in [1.165, 1.54) is 19.2 Å². The van der Waals surface area contributed by atoms with Gasteiger partial charge in [-0.2, -0.15) is 18.4 Å². The number of hydrogen-bond acceptors (Lipinski definition) is 3. The molecule has 29 heavy (non-hydrogen) atoms. The number of halogens is 4. The average Bonchev–Trinajstić information content (AvgIpc) is 3.30. The van der Waals surface area contributed by atoms with Crippen LogP contribution in [-0.2, 0) is 5.54 Å². The van der Waals surface area contributed by atoms with Crippen molar-refractivity contribution in [3.05, 3.63) is 63.5 Å².